The molecule has 0 radical (unpaired) electrons. The molecule has 0 bridgehead atoms. The van der Waals surface area contributed by atoms with Crippen LogP contribution in [0.1, 0.15) is 11.8 Å². The number of rotatable bonds is 1. The minimum absolute atomic E-state index is 0.211. The summed E-state index contributed by atoms with van der Waals surface area (Å²) in [6.45, 7) is 0. The van der Waals surface area contributed by atoms with E-state index in [9.17, 15) is 10.2 Å². The average Bonchev–Trinajstić information content (AvgIpc) is 2.80. The molecular weight excluding hydrogens is 262 g/mol. The highest BCUT2D eigenvalue weighted by molar-refractivity contribution is 5.91. The van der Waals surface area contributed by atoms with E-state index in [2.05, 4.69) is 9.97 Å². The molecule has 1 aliphatic heterocycles. The summed E-state index contributed by atoms with van der Waals surface area (Å²) in [5.74, 6) is -0.0647. The minimum Gasteiger partial charge on any atom is -0.390 e. The molecule has 0 amide bonds. The lowest BCUT2D eigenvalue weighted by Gasteiger charge is -2.20. The summed E-state index contributed by atoms with van der Waals surface area (Å²) < 4.78 is 7.18. The summed E-state index contributed by atoms with van der Waals surface area (Å²) in [6, 6.07) is 2.03. The van der Waals surface area contributed by atoms with Crippen molar-refractivity contribution in [2.24, 2.45) is 5.92 Å². The number of nitrogens with two attached hydrogens (primary N) is 1. The van der Waals surface area contributed by atoms with Crippen LogP contribution in [0.15, 0.2) is 12.5 Å². The van der Waals surface area contributed by atoms with Crippen LogP contribution in [0.25, 0.3) is 11.0 Å². The van der Waals surface area contributed by atoms with Gasteiger partial charge in [0.05, 0.1) is 23.2 Å². The van der Waals surface area contributed by atoms with Crippen molar-refractivity contribution >= 4 is 16.9 Å². The number of nitrogen functional groups attached to an aromatic ring is 1. The van der Waals surface area contributed by atoms with Crippen LogP contribution in [0.5, 0.6) is 0 Å². The van der Waals surface area contributed by atoms with Gasteiger partial charge in [-0.2, -0.15) is 5.26 Å². The van der Waals surface area contributed by atoms with E-state index < -0.39 is 18.4 Å². The predicted octanol–water partition coefficient (Wildman–Crippen LogP) is -0.866. The molecule has 3 heterocycles. The van der Waals surface area contributed by atoms with Crippen LogP contribution >= 0.6 is 0 Å². The van der Waals surface area contributed by atoms with Gasteiger partial charge in [0.2, 0.25) is 0 Å². The van der Waals surface area contributed by atoms with Crippen molar-refractivity contribution in [3.05, 3.63) is 18.1 Å². The minimum atomic E-state index is -0.840. The Bertz CT molecular complexity index is 751. The maximum atomic E-state index is 10.2. The van der Waals surface area contributed by atoms with E-state index in [1.54, 1.807) is 10.8 Å². The fraction of sp³-hybridized carbons (Fsp3) is 0.417. The summed E-state index contributed by atoms with van der Waals surface area (Å²) in [7, 11) is 0. The van der Waals surface area contributed by atoms with Gasteiger partial charge in [-0.15, -0.1) is 0 Å². The number of hydrogen-bond donors (Lipinski definition) is 3. The maximum Gasteiger partial charge on any atom is 0.162 e. The lowest BCUT2D eigenvalue weighted by molar-refractivity contribution is -0.0667. The third-order valence-corrected chi connectivity index (χ3v) is 3.99. The summed E-state index contributed by atoms with van der Waals surface area (Å²) >= 11 is 0. The van der Waals surface area contributed by atoms with Gasteiger partial charge in [-0.3, -0.25) is 0 Å². The van der Waals surface area contributed by atoms with E-state index in [1.807, 2.05) is 6.07 Å². The van der Waals surface area contributed by atoms with E-state index >= 15 is 0 Å². The summed E-state index contributed by atoms with van der Waals surface area (Å²) in [5.41, 5.74) is 6.55. The maximum absolute atomic E-state index is 10.2. The summed E-state index contributed by atoms with van der Waals surface area (Å²) in [4.78, 5) is 7.99. The number of nitrogens with zero attached hydrogens (tertiary/aromatic N) is 4. The lowest BCUT2D eigenvalue weighted by atomic mass is 10.2. The zero-order valence-corrected chi connectivity index (χ0v) is 10.2. The van der Waals surface area contributed by atoms with Crippen molar-refractivity contribution in [1.29, 1.82) is 5.26 Å². The van der Waals surface area contributed by atoms with Gasteiger partial charge in [0.25, 0.3) is 0 Å². The van der Waals surface area contributed by atoms with E-state index in [-0.39, 0.29) is 17.8 Å². The van der Waals surface area contributed by atoms with E-state index in [0.717, 1.165) is 0 Å². The number of anilines is 1. The molecule has 1 aliphatic carbocycles. The second-order valence-electron chi connectivity index (χ2n) is 5.07. The van der Waals surface area contributed by atoms with Gasteiger partial charge in [0.15, 0.2) is 6.23 Å². The molecule has 1 saturated heterocycles. The number of ether oxygens (including phenoxy) is 1. The fourth-order valence-electron chi connectivity index (χ4n) is 2.91. The molecule has 2 aromatic rings. The van der Waals surface area contributed by atoms with Gasteiger partial charge < -0.3 is 25.3 Å². The standard InChI is InChI=1S/C12H11N5O3/c13-1-4-2-17(11-5(4)10(14)15-3-16-11)12-8(19)6-7(18)9(6)20-12/h2-3,6-9,12,18-19H,(H2,14,15,16)/t6?,7?,8-,9+,12-/m1/s1. The number of nitriles is 1. The first-order chi connectivity index (χ1) is 9.63. The molecule has 8 heteroatoms. The average molecular weight is 273 g/mol. The van der Waals surface area contributed by atoms with Crippen molar-refractivity contribution in [1.82, 2.24) is 14.5 Å². The van der Waals surface area contributed by atoms with Crippen LogP contribution in [0.2, 0.25) is 0 Å². The number of fused-ring (bicyclic) bond motifs is 2. The van der Waals surface area contributed by atoms with Crippen molar-refractivity contribution in [3.63, 3.8) is 0 Å². The predicted molar refractivity (Wildman–Crippen MR) is 66.1 cm³/mol. The first-order valence-corrected chi connectivity index (χ1v) is 6.16. The normalized spacial score (nSPS) is 35.0. The Labute approximate surface area is 113 Å². The summed E-state index contributed by atoms with van der Waals surface area (Å²) in [5, 5.41) is 29.3. The second-order valence-corrected chi connectivity index (χ2v) is 5.07. The zero-order valence-electron chi connectivity index (χ0n) is 10.2. The fourth-order valence-corrected chi connectivity index (χ4v) is 2.91. The molecule has 2 aromatic heterocycles. The van der Waals surface area contributed by atoms with Crippen LogP contribution in [0, 0.1) is 17.2 Å². The van der Waals surface area contributed by atoms with Gasteiger partial charge in [-0.1, -0.05) is 0 Å². The third kappa shape index (κ3) is 1.29. The van der Waals surface area contributed by atoms with Crippen LogP contribution in [0.3, 0.4) is 0 Å². The molecular formula is C12H11N5O3. The van der Waals surface area contributed by atoms with E-state index in [1.165, 1.54) is 6.33 Å². The Morgan fingerprint density at radius 3 is 2.80 bits per heavy atom. The molecule has 2 aliphatic rings. The highest BCUT2D eigenvalue weighted by atomic mass is 16.6. The molecule has 4 N–H and O–H groups in total. The van der Waals surface area contributed by atoms with Crippen LogP contribution < -0.4 is 5.73 Å². The molecule has 2 unspecified atom stereocenters. The molecule has 0 spiro atoms. The SMILES string of the molecule is N#Cc1cn([C@@H]2O[C@@H]3C(O)C3[C@H]2O)c2ncnc(N)c12. The quantitative estimate of drug-likeness (QED) is 0.615. The molecule has 8 nitrogen and oxygen atoms in total. The highest BCUT2D eigenvalue weighted by Gasteiger charge is 2.64. The first kappa shape index (κ1) is 11.6. The van der Waals surface area contributed by atoms with Crippen molar-refractivity contribution < 1.29 is 14.9 Å². The van der Waals surface area contributed by atoms with Crippen molar-refractivity contribution in [3.8, 4) is 6.07 Å². The monoisotopic (exact) mass is 273 g/mol. The Kier molecular flexibility index (Phi) is 2.13. The van der Waals surface area contributed by atoms with Gasteiger partial charge >= 0.3 is 0 Å². The Morgan fingerprint density at radius 1 is 1.35 bits per heavy atom. The molecule has 1 saturated carbocycles. The summed E-state index contributed by atoms with van der Waals surface area (Å²) in [6.07, 6.45) is 0.364. The van der Waals surface area contributed by atoms with Gasteiger partial charge in [-0.05, 0) is 0 Å². The second kappa shape index (κ2) is 3.67. The Morgan fingerprint density at radius 2 is 2.15 bits per heavy atom. The van der Waals surface area contributed by atoms with Crippen molar-refractivity contribution in [2.75, 3.05) is 5.73 Å². The largest absolute Gasteiger partial charge is 0.390 e. The van der Waals surface area contributed by atoms with Crippen LogP contribution in [-0.4, -0.2) is 43.1 Å². The molecule has 5 atom stereocenters. The van der Waals surface area contributed by atoms with Crippen LogP contribution in [-0.2, 0) is 4.74 Å². The van der Waals surface area contributed by atoms with E-state index in [0.29, 0.717) is 16.6 Å². The Hall–Kier alpha value is -2.21. The molecule has 20 heavy (non-hydrogen) atoms. The molecule has 0 aromatic carbocycles. The van der Waals surface area contributed by atoms with Gasteiger partial charge in [-0.25, -0.2) is 9.97 Å². The smallest absolute Gasteiger partial charge is 0.162 e. The zero-order chi connectivity index (χ0) is 14.0. The molecule has 4 rings (SSSR count). The topological polar surface area (TPSA) is 130 Å². The first-order valence-electron chi connectivity index (χ1n) is 6.16. The number of aliphatic hydroxyl groups is 2. The third-order valence-electron chi connectivity index (χ3n) is 3.99. The van der Waals surface area contributed by atoms with E-state index in [4.69, 9.17) is 15.7 Å². The number of aliphatic hydroxyl groups excluding tert-OH is 2. The molecule has 102 valence electrons. The lowest BCUT2D eigenvalue weighted by Crippen LogP contribution is -2.26. The van der Waals surface area contributed by atoms with Gasteiger partial charge in [0.1, 0.15) is 30.0 Å². The highest BCUT2D eigenvalue weighted by Crippen LogP contribution is 2.50. The Balaban J connectivity index is 1.86. The van der Waals surface area contributed by atoms with Gasteiger partial charge in [0, 0.05) is 12.1 Å². The van der Waals surface area contributed by atoms with Crippen molar-refractivity contribution in [2.45, 2.75) is 24.5 Å². The van der Waals surface area contributed by atoms with Crippen LogP contribution in [0.4, 0.5) is 5.82 Å². The number of aromatic nitrogens is 3. The number of hydrogen-bond acceptors (Lipinski definition) is 7. The molecule has 2 fully saturated rings.